The SMILES string of the molecule is COc1ccc(C)cc1N1C[C@H](C(=O)NNC(=O)c2cccs2)CC1=O. The lowest BCUT2D eigenvalue weighted by molar-refractivity contribution is -0.126. The summed E-state index contributed by atoms with van der Waals surface area (Å²) < 4.78 is 5.33. The third-order valence-electron chi connectivity index (χ3n) is 4.17. The van der Waals surface area contributed by atoms with Crippen LogP contribution in [0.1, 0.15) is 21.7 Å². The average Bonchev–Trinajstić information content (AvgIpc) is 3.29. The van der Waals surface area contributed by atoms with E-state index in [4.69, 9.17) is 4.74 Å². The summed E-state index contributed by atoms with van der Waals surface area (Å²) in [5, 5.41) is 1.78. The molecule has 1 aliphatic rings. The summed E-state index contributed by atoms with van der Waals surface area (Å²) >= 11 is 1.28. The number of anilines is 1. The van der Waals surface area contributed by atoms with Gasteiger partial charge in [-0.25, -0.2) is 0 Å². The van der Waals surface area contributed by atoms with Crippen LogP contribution in [0.2, 0.25) is 0 Å². The summed E-state index contributed by atoms with van der Waals surface area (Å²) in [4.78, 5) is 38.7. The summed E-state index contributed by atoms with van der Waals surface area (Å²) in [7, 11) is 1.54. The van der Waals surface area contributed by atoms with E-state index in [-0.39, 0.29) is 24.8 Å². The molecule has 2 N–H and O–H groups in total. The second-order valence-corrected chi connectivity index (χ2v) is 6.95. The van der Waals surface area contributed by atoms with Gasteiger partial charge >= 0.3 is 0 Å². The highest BCUT2D eigenvalue weighted by atomic mass is 32.1. The first-order valence-corrected chi connectivity index (χ1v) is 8.96. The fourth-order valence-corrected chi connectivity index (χ4v) is 3.44. The van der Waals surface area contributed by atoms with Crippen molar-refractivity contribution in [2.45, 2.75) is 13.3 Å². The standard InChI is InChI=1S/C18H19N3O4S/c1-11-5-6-14(25-2)13(8-11)21-10-12(9-16(21)22)17(23)19-20-18(24)15-4-3-7-26-15/h3-8,12H,9-10H2,1-2H3,(H,19,23)(H,20,24)/t12-/m1/s1. The fourth-order valence-electron chi connectivity index (χ4n) is 2.82. The van der Waals surface area contributed by atoms with Gasteiger partial charge in [-0.05, 0) is 36.1 Å². The number of hydrogen-bond acceptors (Lipinski definition) is 5. The van der Waals surface area contributed by atoms with E-state index in [1.807, 2.05) is 19.1 Å². The van der Waals surface area contributed by atoms with E-state index in [1.54, 1.807) is 35.6 Å². The number of carbonyl (C=O) groups excluding carboxylic acids is 3. The predicted octanol–water partition coefficient (Wildman–Crippen LogP) is 1.88. The van der Waals surface area contributed by atoms with Crippen molar-refractivity contribution in [3.05, 3.63) is 46.2 Å². The molecule has 1 aromatic carbocycles. The summed E-state index contributed by atoms with van der Waals surface area (Å²) in [6.07, 6.45) is 0.0812. The van der Waals surface area contributed by atoms with Crippen LogP contribution in [0, 0.1) is 12.8 Å². The summed E-state index contributed by atoms with van der Waals surface area (Å²) in [6, 6.07) is 8.97. The Hall–Kier alpha value is -2.87. The van der Waals surface area contributed by atoms with E-state index in [1.165, 1.54) is 11.3 Å². The van der Waals surface area contributed by atoms with Crippen molar-refractivity contribution in [3.8, 4) is 5.75 Å². The smallest absolute Gasteiger partial charge is 0.279 e. The van der Waals surface area contributed by atoms with Crippen molar-refractivity contribution in [1.82, 2.24) is 10.9 Å². The number of rotatable bonds is 4. The summed E-state index contributed by atoms with van der Waals surface area (Å²) in [6.45, 7) is 2.16. The Morgan fingerprint density at radius 2 is 2.08 bits per heavy atom. The minimum Gasteiger partial charge on any atom is -0.495 e. The molecule has 1 fully saturated rings. The monoisotopic (exact) mass is 373 g/mol. The molecule has 3 amide bonds. The van der Waals surface area contributed by atoms with Crippen LogP contribution in [0.4, 0.5) is 5.69 Å². The molecule has 0 saturated carbocycles. The number of hydrazine groups is 1. The van der Waals surface area contributed by atoms with Crippen molar-refractivity contribution < 1.29 is 19.1 Å². The molecule has 1 atom stereocenters. The minimum absolute atomic E-state index is 0.0812. The van der Waals surface area contributed by atoms with Crippen LogP contribution in [-0.4, -0.2) is 31.4 Å². The molecule has 2 aromatic rings. The van der Waals surface area contributed by atoms with Crippen molar-refractivity contribution in [3.63, 3.8) is 0 Å². The van der Waals surface area contributed by atoms with E-state index in [9.17, 15) is 14.4 Å². The molecule has 1 aliphatic heterocycles. The first-order valence-electron chi connectivity index (χ1n) is 8.08. The molecule has 0 unspecified atom stereocenters. The Morgan fingerprint density at radius 3 is 2.77 bits per heavy atom. The van der Waals surface area contributed by atoms with Crippen LogP contribution >= 0.6 is 11.3 Å². The molecule has 1 aromatic heterocycles. The Kier molecular flexibility index (Phi) is 5.22. The average molecular weight is 373 g/mol. The zero-order chi connectivity index (χ0) is 18.7. The highest BCUT2D eigenvalue weighted by Crippen LogP contribution is 2.33. The number of nitrogens with one attached hydrogen (secondary N) is 2. The van der Waals surface area contributed by atoms with E-state index < -0.39 is 11.8 Å². The number of nitrogens with zero attached hydrogens (tertiary/aromatic N) is 1. The van der Waals surface area contributed by atoms with Gasteiger partial charge in [0.25, 0.3) is 5.91 Å². The fraction of sp³-hybridized carbons (Fsp3) is 0.278. The van der Waals surface area contributed by atoms with Gasteiger partial charge in [-0.3, -0.25) is 25.2 Å². The third-order valence-corrected chi connectivity index (χ3v) is 5.03. The van der Waals surface area contributed by atoms with Crippen molar-refractivity contribution in [2.75, 3.05) is 18.6 Å². The number of aryl methyl sites for hydroxylation is 1. The van der Waals surface area contributed by atoms with Gasteiger partial charge in [0.05, 0.1) is 23.6 Å². The van der Waals surface area contributed by atoms with E-state index >= 15 is 0 Å². The van der Waals surface area contributed by atoms with Crippen molar-refractivity contribution in [2.24, 2.45) is 5.92 Å². The lowest BCUT2D eigenvalue weighted by Crippen LogP contribution is -2.45. The maximum Gasteiger partial charge on any atom is 0.279 e. The Labute approximate surface area is 154 Å². The minimum atomic E-state index is -0.545. The molecule has 8 heteroatoms. The molecule has 0 spiro atoms. The van der Waals surface area contributed by atoms with Crippen LogP contribution in [0.3, 0.4) is 0 Å². The quantitative estimate of drug-likeness (QED) is 0.801. The highest BCUT2D eigenvalue weighted by Gasteiger charge is 2.36. The van der Waals surface area contributed by atoms with E-state index in [0.29, 0.717) is 16.3 Å². The molecule has 1 saturated heterocycles. The second-order valence-electron chi connectivity index (χ2n) is 6.00. The molecule has 136 valence electrons. The van der Waals surface area contributed by atoms with Crippen molar-refractivity contribution in [1.29, 1.82) is 0 Å². The van der Waals surface area contributed by atoms with Crippen LogP contribution < -0.4 is 20.5 Å². The van der Waals surface area contributed by atoms with Crippen molar-refractivity contribution >= 4 is 34.7 Å². The molecule has 0 radical (unpaired) electrons. The molecule has 26 heavy (non-hydrogen) atoms. The number of thiophene rings is 1. The number of carbonyl (C=O) groups is 3. The van der Waals surface area contributed by atoms with Crippen LogP contribution in [0.15, 0.2) is 35.7 Å². The largest absolute Gasteiger partial charge is 0.495 e. The predicted molar refractivity (Wildman–Crippen MR) is 98.1 cm³/mol. The van der Waals surface area contributed by atoms with E-state index in [2.05, 4.69) is 10.9 Å². The van der Waals surface area contributed by atoms with Gasteiger partial charge in [0.2, 0.25) is 11.8 Å². The number of ether oxygens (including phenoxy) is 1. The lowest BCUT2D eigenvalue weighted by Gasteiger charge is -2.20. The number of hydrogen-bond donors (Lipinski definition) is 2. The number of benzene rings is 1. The topological polar surface area (TPSA) is 87.7 Å². The summed E-state index contributed by atoms with van der Waals surface area (Å²) in [5.74, 6) is -0.891. The molecular weight excluding hydrogens is 354 g/mol. The zero-order valence-electron chi connectivity index (χ0n) is 14.4. The first kappa shape index (κ1) is 17.9. The normalized spacial score (nSPS) is 16.5. The molecule has 0 bridgehead atoms. The van der Waals surface area contributed by atoms with Gasteiger partial charge in [-0.1, -0.05) is 12.1 Å². The van der Waals surface area contributed by atoms with E-state index in [0.717, 1.165) is 5.56 Å². The summed E-state index contributed by atoms with van der Waals surface area (Å²) in [5.41, 5.74) is 6.42. The van der Waals surface area contributed by atoms with Gasteiger partial charge in [0.1, 0.15) is 5.75 Å². The van der Waals surface area contributed by atoms with Gasteiger partial charge in [-0.15, -0.1) is 11.3 Å². The Bertz CT molecular complexity index is 835. The van der Waals surface area contributed by atoms with Crippen LogP contribution in [0.25, 0.3) is 0 Å². The van der Waals surface area contributed by atoms with Crippen LogP contribution in [0.5, 0.6) is 5.75 Å². The molecule has 2 heterocycles. The molecule has 3 rings (SSSR count). The first-order chi connectivity index (χ1) is 12.5. The van der Waals surface area contributed by atoms with Gasteiger partial charge in [-0.2, -0.15) is 0 Å². The number of methoxy groups -OCH3 is 1. The maximum absolute atomic E-state index is 12.4. The molecule has 7 nitrogen and oxygen atoms in total. The van der Waals surface area contributed by atoms with Gasteiger partial charge in [0.15, 0.2) is 0 Å². The lowest BCUT2D eigenvalue weighted by atomic mass is 10.1. The second kappa shape index (κ2) is 7.57. The Balaban J connectivity index is 1.65. The third kappa shape index (κ3) is 3.70. The number of amides is 3. The zero-order valence-corrected chi connectivity index (χ0v) is 15.3. The Morgan fingerprint density at radius 1 is 1.27 bits per heavy atom. The van der Waals surface area contributed by atoms with Gasteiger partial charge in [0, 0.05) is 13.0 Å². The highest BCUT2D eigenvalue weighted by molar-refractivity contribution is 7.12. The maximum atomic E-state index is 12.4. The molecular formula is C18H19N3O4S. The van der Waals surface area contributed by atoms with Crippen LogP contribution in [-0.2, 0) is 9.59 Å². The molecule has 0 aliphatic carbocycles. The van der Waals surface area contributed by atoms with Gasteiger partial charge < -0.3 is 9.64 Å².